The van der Waals surface area contributed by atoms with E-state index in [1.165, 1.54) is 19.2 Å². The topological polar surface area (TPSA) is 109 Å². The van der Waals surface area contributed by atoms with Crippen LogP contribution in [0.15, 0.2) is 66.7 Å². The number of anilines is 1. The molecule has 3 aromatic carbocycles. The summed E-state index contributed by atoms with van der Waals surface area (Å²) in [6.45, 7) is 1.70. The van der Waals surface area contributed by atoms with Gasteiger partial charge in [-0.2, -0.15) is 5.26 Å². The SMILES string of the molecule is COc1cccc(C=C(C#N)c2ccc(C(=O)O)cc2)c1OCC(=O)Nc1ccc(C)cc1. The average Bonchev–Trinajstić information content (AvgIpc) is 2.82. The lowest BCUT2D eigenvalue weighted by Gasteiger charge is -2.14. The summed E-state index contributed by atoms with van der Waals surface area (Å²) >= 11 is 0. The summed E-state index contributed by atoms with van der Waals surface area (Å²) in [5, 5.41) is 21.5. The number of nitrogens with zero attached hydrogens (tertiary/aromatic N) is 1. The number of methoxy groups -OCH3 is 1. The molecule has 33 heavy (non-hydrogen) atoms. The predicted octanol–water partition coefficient (Wildman–Crippen LogP) is 4.78. The summed E-state index contributed by atoms with van der Waals surface area (Å²) in [5.41, 5.74) is 3.26. The number of aromatic carboxylic acids is 1. The standard InChI is InChI=1S/C26H22N2O5/c1-17-6-12-22(13-7-17)28-24(29)16-33-25-20(4-3-5-23(25)32-2)14-21(15-27)18-8-10-19(11-9-18)26(30)31/h3-14H,16H2,1-2H3,(H,28,29)(H,30,31). The van der Waals surface area contributed by atoms with Gasteiger partial charge in [-0.1, -0.05) is 42.0 Å². The Morgan fingerprint density at radius 2 is 1.70 bits per heavy atom. The van der Waals surface area contributed by atoms with Gasteiger partial charge < -0.3 is 19.9 Å². The van der Waals surface area contributed by atoms with E-state index >= 15 is 0 Å². The van der Waals surface area contributed by atoms with Crippen molar-refractivity contribution in [3.63, 3.8) is 0 Å². The monoisotopic (exact) mass is 442 g/mol. The Labute approximate surface area is 191 Å². The smallest absolute Gasteiger partial charge is 0.335 e. The van der Waals surface area contributed by atoms with E-state index in [0.29, 0.717) is 33.9 Å². The Morgan fingerprint density at radius 1 is 1.03 bits per heavy atom. The zero-order valence-corrected chi connectivity index (χ0v) is 18.2. The lowest BCUT2D eigenvalue weighted by atomic mass is 10.0. The Balaban J connectivity index is 1.84. The number of aryl methyl sites for hydroxylation is 1. The molecule has 0 spiro atoms. The molecule has 0 aliphatic rings. The van der Waals surface area contributed by atoms with Gasteiger partial charge in [0.1, 0.15) is 0 Å². The molecule has 0 fully saturated rings. The first kappa shape index (κ1) is 23.1. The first-order chi connectivity index (χ1) is 15.9. The number of ether oxygens (including phenoxy) is 2. The first-order valence-electron chi connectivity index (χ1n) is 10.0. The van der Waals surface area contributed by atoms with Crippen molar-refractivity contribution >= 4 is 29.2 Å². The number of carbonyl (C=O) groups excluding carboxylic acids is 1. The molecule has 0 bridgehead atoms. The number of nitriles is 1. The molecule has 0 heterocycles. The van der Waals surface area contributed by atoms with Crippen LogP contribution in [0.5, 0.6) is 11.5 Å². The highest BCUT2D eigenvalue weighted by Crippen LogP contribution is 2.34. The molecule has 0 atom stereocenters. The third-order valence-corrected chi connectivity index (χ3v) is 4.78. The molecule has 0 saturated carbocycles. The van der Waals surface area contributed by atoms with Crippen molar-refractivity contribution in [2.24, 2.45) is 0 Å². The van der Waals surface area contributed by atoms with Crippen LogP contribution in [0.25, 0.3) is 11.6 Å². The zero-order chi connectivity index (χ0) is 23.8. The molecule has 0 aromatic heterocycles. The highest BCUT2D eigenvalue weighted by Gasteiger charge is 2.14. The van der Waals surface area contributed by atoms with Crippen LogP contribution in [-0.2, 0) is 4.79 Å². The summed E-state index contributed by atoms with van der Waals surface area (Å²) in [6, 6.07) is 20.7. The van der Waals surface area contributed by atoms with E-state index in [-0.39, 0.29) is 18.1 Å². The van der Waals surface area contributed by atoms with Crippen LogP contribution in [0.3, 0.4) is 0 Å². The molecule has 2 N–H and O–H groups in total. The Bertz CT molecular complexity index is 1220. The number of nitrogens with one attached hydrogen (secondary N) is 1. The lowest BCUT2D eigenvalue weighted by molar-refractivity contribution is -0.118. The fourth-order valence-corrected chi connectivity index (χ4v) is 3.06. The van der Waals surface area contributed by atoms with E-state index < -0.39 is 5.97 Å². The molecular formula is C26H22N2O5. The number of hydrogen-bond donors (Lipinski definition) is 2. The number of carboxylic acids is 1. The molecule has 7 heteroatoms. The van der Waals surface area contributed by atoms with Crippen LogP contribution >= 0.6 is 0 Å². The molecule has 0 unspecified atom stereocenters. The second-order valence-electron chi connectivity index (χ2n) is 7.13. The summed E-state index contributed by atoms with van der Waals surface area (Å²) in [7, 11) is 1.48. The lowest BCUT2D eigenvalue weighted by Crippen LogP contribution is -2.20. The Kier molecular flexibility index (Phi) is 7.45. The van der Waals surface area contributed by atoms with Crippen molar-refractivity contribution in [3.8, 4) is 17.6 Å². The fourth-order valence-electron chi connectivity index (χ4n) is 3.06. The molecule has 3 rings (SSSR count). The molecule has 0 aliphatic heterocycles. The van der Waals surface area contributed by atoms with Gasteiger partial charge in [0, 0.05) is 11.3 Å². The van der Waals surface area contributed by atoms with Gasteiger partial charge in [0.05, 0.1) is 24.3 Å². The van der Waals surface area contributed by atoms with Crippen LogP contribution < -0.4 is 14.8 Å². The minimum absolute atomic E-state index is 0.126. The minimum Gasteiger partial charge on any atom is -0.493 e. The van der Waals surface area contributed by atoms with Crippen LogP contribution in [-0.4, -0.2) is 30.7 Å². The van der Waals surface area contributed by atoms with Gasteiger partial charge in [-0.25, -0.2) is 4.79 Å². The number of benzene rings is 3. The van der Waals surface area contributed by atoms with Gasteiger partial charge in [-0.05, 0) is 48.9 Å². The molecule has 1 amide bonds. The normalized spacial score (nSPS) is 10.8. The van der Waals surface area contributed by atoms with Crippen molar-refractivity contribution in [2.75, 3.05) is 19.0 Å². The third-order valence-electron chi connectivity index (χ3n) is 4.78. The van der Waals surface area contributed by atoms with Gasteiger partial charge in [0.25, 0.3) is 5.91 Å². The van der Waals surface area contributed by atoms with Gasteiger partial charge in [-0.15, -0.1) is 0 Å². The second-order valence-corrected chi connectivity index (χ2v) is 7.13. The Morgan fingerprint density at radius 3 is 2.30 bits per heavy atom. The number of carbonyl (C=O) groups is 2. The van der Waals surface area contributed by atoms with Gasteiger partial charge in [0.2, 0.25) is 0 Å². The Hall–Kier alpha value is -4.57. The fraction of sp³-hybridized carbons (Fsp3) is 0.115. The van der Waals surface area contributed by atoms with E-state index in [2.05, 4.69) is 11.4 Å². The van der Waals surface area contributed by atoms with E-state index in [4.69, 9.17) is 14.6 Å². The van der Waals surface area contributed by atoms with Crippen LogP contribution in [0.1, 0.15) is 27.0 Å². The average molecular weight is 442 g/mol. The second kappa shape index (κ2) is 10.6. The number of hydrogen-bond acceptors (Lipinski definition) is 5. The molecule has 0 aliphatic carbocycles. The third kappa shape index (κ3) is 5.99. The van der Waals surface area contributed by atoms with Gasteiger partial charge >= 0.3 is 5.97 Å². The summed E-state index contributed by atoms with van der Waals surface area (Å²) in [5.74, 6) is -0.666. The highest BCUT2D eigenvalue weighted by atomic mass is 16.5. The molecule has 7 nitrogen and oxygen atoms in total. The number of rotatable bonds is 8. The summed E-state index contributed by atoms with van der Waals surface area (Å²) in [6.07, 6.45) is 1.60. The maximum atomic E-state index is 12.4. The van der Waals surface area contributed by atoms with Gasteiger partial charge in [-0.3, -0.25) is 4.79 Å². The first-order valence-corrected chi connectivity index (χ1v) is 10.0. The number of para-hydroxylation sites is 1. The number of amides is 1. The van der Waals surface area contributed by atoms with Crippen molar-refractivity contribution in [2.45, 2.75) is 6.92 Å². The maximum Gasteiger partial charge on any atom is 0.335 e. The number of carboxylic acid groups (broad SMARTS) is 1. The van der Waals surface area contributed by atoms with Crippen molar-refractivity contribution in [3.05, 3.63) is 89.0 Å². The van der Waals surface area contributed by atoms with E-state index in [9.17, 15) is 14.9 Å². The van der Waals surface area contributed by atoms with Crippen LogP contribution in [0.2, 0.25) is 0 Å². The summed E-state index contributed by atoms with van der Waals surface area (Å²) < 4.78 is 11.2. The quantitative estimate of drug-likeness (QED) is 0.384. The molecule has 166 valence electrons. The summed E-state index contributed by atoms with van der Waals surface area (Å²) in [4.78, 5) is 23.4. The molecule has 0 radical (unpaired) electrons. The number of allylic oxidation sites excluding steroid dienone is 1. The van der Waals surface area contributed by atoms with E-state index in [1.807, 2.05) is 19.1 Å². The van der Waals surface area contributed by atoms with E-state index in [1.54, 1.807) is 48.5 Å². The van der Waals surface area contributed by atoms with Crippen molar-refractivity contribution < 1.29 is 24.2 Å². The van der Waals surface area contributed by atoms with Crippen LogP contribution in [0.4, 0.5) is 5.69 Å². The van der Waals surface area contributed by atoms with Crippen molar-refractivity contribution in [1.82, 2.24) is 0 Å². The predicted molar refractivity (Wildman–Crippen MR) is 125 cm³/mol. The minimum atomic E-state index is -1.04. The maximum absolute atomic E-state index is 12.4. The van der Waals surface area contributed by atoms with Gasteiger partial charge in [0.15, 0.2) is 18.1 Å². The van der Waals surface area contributed by atoms with Crippen LogP contribution in [0, 0.1) is 18.3 Å². The van der Waals surface area contributed by atoms with E-state index in [0.717, 1.165) is 5.56 Å². The molecule has 0 saturated heterocycles. The zero-order valence-electron chi connectivity index (χ0n) is 18.2. The highest BCUT2D eigenvalue weighted by molar-refractivity contribution is 5.94. The molecular weight excluding hydrogens is 420 g/mol. The molecule has 3 aromatic rings. The largest absolute Gasteiger partial charge is 0.493 e. The van der Waals surface area contributed by atoms with Crippen molar-refractivity contribution in [1.29, 1.82) is 5.26 Å².